The summed E-state index contributed by atoms with van der Waals surface area (Å²) in [4.78, 5) is 18.1. The SMILES string of the molecule is Cc1ccc(C)c(S(=O)(=O)N2CCN(C(=O)c3ccc(OCC(F)(F)F)nc3)CC2)c1. The van der Waals surface area contributed by atoms with Crippen LogP contribution in [0.15, 0.2) is 41.4 Å². The molecule has 3 rings (SSSR count). The first-order valence-electron chi connectivity index (χ1n) is 9.50. The Kier molecular flexibility index (Phi) is 6.56. The van der Waals surface area contributed by atoms with Crippen molar-refractivity contribution in [2.45, 2.75) is 24.9 Å². The summed E-state index contributed by atoms with van der Waals surface area (Å²) in [7, 11) is -3.68. The first-order chi connectivity index (χ1) is 14.5. The highest BCUT2D eigenvalue weighted by atomic mass is 32.2. The van der Waals surface area contributed by atoms with Crippen LogP contribution in [0, 0.1) is 13.8 Å². The van der Waals surface area contributed by atoms with Gasteiger partial charge < -0.3 is 9.64 Å². The van der Waals surface area contributed by atoms with Crippen molar-refractivity contribution in [3.8, 4) is 5.88 Å². The molecule has 0 unspecified atom stereocenters. The van der Waals surface area contributed by atoms with Gasteiger partial charge in [-0.15, -0.1) is 0 Å². The first kappa shape index (κ1) is 23.0. The summed E-state index contributed by atoms with van der Waals surface area (Å²) in [5.41, 5.74) is 1.68. The van der Waals surface area contributed by atoms with E-state index in [1.807, 2.05) is 13.0 Å². The zero-order chi connectivity index (χ0) is 22.8. The number of benzene rings is 1. The van der Waals surface area contributed by atoms with Gasteiger partial charge in [-0.3, -0.25) is 4.79 Å². The minimum Gasteiger partial charge on any atom is -0.468 e. The number of hydrogen-bond donors (Lipinski definition) is 0. The summed E-state index contributed by atoms with van der Waals surface area (Å²) in [5.74, 6) is -0.614. The topological polar surface area (TPSA) is 79.8 Å². The van der Waals surface area contributed by atoms with E-state index in [2.05, 4.69) is 9.72 Å². The normalized spacial score (nSPS) is 15.7. The van der Waals surface area contributed by atoms with Gasteiger partial charge in [0.2, 0.25) is 15.9 Å². The standard InChI is InChI=1S/C20H22F3N3O4S/c1-14-3-4-15(2)17(11-14)31(28,29)26-9-7-25(8-10-26)19(27)16-5-6-18(24-12-16)30-13-20(21,22)23/h3-6,11-12H,7-10,13H2,1-2H3. The van der Waals surface area contributed by atoms with Crippen molar-refractivity contribution in [1.29, 1.82) is 0 Å². The second kappa shape index (κ2) is 8.83. The van der Waals surface area contributed by atoms with E-state index in [4.69, 9.17) is 0 Å². The Labute approximate surface area is 178 Å². The van der Waals surface area contributed by atoms with Gasteiger partial charge in [-0.25, -0.2) is 13.4 Å². The molecule has 11 heteroatoms. The van der Waals surface area contributed by atoms with Crippen molar-refractivity contribution in [2.75, 3.05) is 32.8 Å². The third-order valence-corrected chi connectivity index (χ3v) is 6.89. The number of piperazine rings is 1. The molecule has 0 bridgehead atoms. The van der Waals surface area contributed by atoms with Crippen molar-refractivity contribution in [3.63, 3.8) is 0 Å². The summed E-state index contributed by atoms with van der Waals surface area (Å²) in [5, 5.41) is 0. The largest absolute Gasteiger partial charge is 0.468 e. The molecule has 0 saturated carbocycles. The summed E-state index contributed by atoms with van der Waals surface area (Å²) >= 11 is 0. The van der Waals surface area contributed by atoms with Crippen molar-refractivity contribution in [3.05, 3.63) is 53.2 Å². The van der Waals surface area contributed by atoms with E-state index in [1.165, 1.54) is 21.3 Å². The molecule has 1 saturated heterocycles. The minimum atomic E-state index is -4.48. The predicted octanol–water partition coefficient (Wildman–Crippen LogP) is 2.79. The number of aromatic nitrogens is 1. The number of rotatable bonds is 5. The lowest BCUT2D eigenvalue weighted by atomic mass is 10.2. The van der Waals surface area contributed by atoms with Crippen LogP contribution in [0.3, 0.4) is 0 Å². The fraction of sp³-hybridized carbons (Fsp3) is 0.400. The zero-order valence-corrected chi connectivity index (χ0v) is 17.8. The van der Waals surface area contributed by atoms with Gasteiger partial charge in [-0.2, -0.15) is 17.5 Å². The van der Waals surface area contributed by atoms with Crippen molar-refractivity contribution < 1.29 is 31.1 Å². The molecule has 168 valence electrons. The minimum absolute atomic E-state index is 0.141. The van der Waals surface area contributed by atoms with Crippen LogP contribution in [0.1, 0.15) is 21.5 Å². The lowest BCUT2D eigenvalue weighted by Crippen LogP contribution is -2.50. The van der Waals surface area contributed by atoms with E-state index < -0.39 is 22.8 Å². The van der Waals surface area contributed by atoms with E-state index in [9.17, 15) is 26.4 Å². The van der Waals surface area contributed by atoms with Crippen molar-refractivity contribution in [1.82, 2.24) is 14.2 Å². The number of halogens is 3. The van der Waals surface area contributed by atoms with E-state index in [1.54, 1.807) is 19.1 Å². The van der Waals surface area contributed by atoms with Gasteiger partial charge in [0, 0.05) is 38.4 Å². The molecule has 1 aromatic carbocycles. The molecule has 31 heavy (non-hydrogen) atoms. The molecule has 1 aromatic heterocycles. The molecule has 0 atom stereocenters. The number of carbonyl (C=O) groups excluding carboxylic acids is 1. The van der Waals surface area contributed by atoms with Crippen LogP contribution in [-0.4, -0.2) is 67.5 Å². The fourth-order valence-electron chi connectivity index (χ4n) is 3.19. The molecule has 7 nitrogen and oxygen atoms in total. The maximum absolute atomic E-state index is 13.0. The molecule has 1 fully saturated rings. The smallest absolute Gasteiger partial charge is 0.422 e. The Balaban J connectivity index is 1.62. The Morgan fingerprint density at radius 2 is 1.77 bits per heavy atom. The molecule has 0 aliphatic carbocycles. The van der Waals surface area contributed by atoms with Crippen molar-refractivity contribution >= 4 is 15.9 Å². The lowest BCUT2D eigenvalue weighted by molar-refractivity contribution is -0.154. The van der Waals surface area contributed by atoms with Crippen LogP contribution in [-0.2, 0) is 10.0 Å². The highest BCUT2D eigenvalue weighted by molar-refractivity contribution is 7.89. The molecule has 1 aliphatic rings. The summed E-state index contributed by atoms with van der Waals surface area (Å²) < 4.78 is 68.5. The number of pyridine rings is 1. The Hall–Kier alpha value is -2.66. The van der Waals surface area contributed by atoms with Crippen LogP contribution in [0.5, 0.6) is 5.88 Å². The number of hydrogen-bond acceptors (Lipinski definition) is 5. The number of nitrogens with zero attached hydrogens (tertiary/aromatic N) is 3. The molecule has 1 amide bonds. The summed E-state index contributed by atoms with van der Waals surface area (Å²) in [6.45, 7) is 2.75. The van der Waals surface area contributed by atoms with Gasteiger partial charge >= 0.3 is 6.18 Å². The molecule has 0 radical (unpaired) electrons. The number of sulfonamides is 1. The number of amides is 1. The lowest BCUT2D eigenvalue weighted by Gasteiger charge is -2.34. The highest BCUT2D eigenvalue weighted by Crippen LogP contribution is 2.23. The molecule has 0 N–H and O–H groups in total. The average molecular weight is 457 g/mol. The van der Waals surface area contributed by atoms with E-state index in [0.29, 0.717) is 5.56 Å². The molecule has 2 heterocycles. The Bertz CT molecular complexity index is 1050. The fourth-order valence-corrected chi connectivity index (χ4v) is 4.92. The zero-order valence-electron chi connectivity index (χ0n) is 17.0. The summed E-state index contributed by atoms with van der Waals surface area (Å²) in [6.07, 6.45) is -3.33. The second-order valence-electron chi connectivity index (χ2n) is 7.25. The number of alkyl halides is 3. The van der Waals surface area contributed by atoms with Gasteiger partial charge in [0.15, 0.2) is 6.61 Å². The van der Waals surface area contributed by atoms with Gasteiger partial charge in [-0.1, -0.05) is 12.1 Å². The third kappa shape index (κ3) is 5.53. The van der Waals surface area contributed by atoms with Gasteiger partial charge in [0.1, 0.15) is 0 Å². The number of carbonyl (C=O) groups is 1. The third-order valence-electron chi connectivity index (χ3n) is 4.85. The number of aryl methyl sites for hydroxylation is 2. The Morgan fingerprint density at radius 3 is 2.35 bits per heavy atom. The molecule has 1 aliphatic heterocycles. The van der Waals surface area contributed by atoms with E-state index in [-0.39, 0.29) is 48.4 Å². The van der Waals surface area contributed by atoms with Crippen LogP contribution < -0.4 is 4.74 Å². The highest BCUT2D eigenvalue weighted by Gasteiger charge is 2.32. The van der Waals surface area contributed by atoms with E-state index >= 15 is 0 Å². The molecular weight excluding hydrogens is 435 g/mol. The molecule has 2 aromatic rings. The quantitative estimate of drug-likeness (QED) is 0.690. The maximum Gasteiger partial charge on any atom is 0.422 e. The number of ether oxygens (including phenoxy) is 1. The van der Waals surface area contributed by atoms with E-state index in [0.717, 1.165) is 11.8 Å². The van der Waals surface area contributed by atoms with Gasteiger partial charge in [-0.05, 0) is 37.1 Å². The van der Waals surface area contributed by atoms with Crippen LogP contribution in [0.4, 0.5) is 13.2 Å². The van der Waals surface area contributed by atoms with Crippen molar-refractivity contribution in [2.24, 2.45) is 0 Å². The average Bonchev–Trinajstić information content (AvgIpc) is 2.73. The first-order valence-corrected chi connectivity index (χ1v) is 10.9. The van der Waals surface area contributed by atoms with Crippen LogP contribution in [0.25, 0.3) is 0 Å². The van der Waals surface area contributed by atoms with Crippen LogP contribution >= 0.6 is 0 Å². The Morgan fingerprint density at radius 1 is 1.10 bits per heavy atom. The predicted molar refractivity (Wildman–Crippen MR) is 106 cm³/mol. The van der Waals surface area contributed by atoms with Crippen LogP contribution in [0.2, 0.25) is 0 Å². The van der Waals surface area contributed by atoms with Gasteiger partial charge in [0.25, 0.3) is 5.91 Å². The second-order valence-corrected chi connectivity index (χ2v) is 9.16. The van der Waals surface area contributed by atoms with Gasteiger partial charge in [0.05, 0.1) is 10.5 Å². The monoisotopic (exact) mass is 457 g/mol. The maximum atomic E-state index is 13.0. The molecular formula is C20H22F3N3O4S. The summed E-state index contributed by atoms with van der Waals surface area (Å²) in [6, 6.07) is 7.77. The molecule has 0 spiro atoms.